The van der Waals surface area contributed by atoms with Gasteiger partial charge in [-0.1, -0.05) is 18.2 Å². The van der Waals surface area contributed by atoms with Gasteiger partial charge in [-0.3, -0.25) is 14.7 Å². The third kappa shape index (κ3) is 4.35. The molecule has 3 aliphatic heterocycles. The van der Waals surface area contributed by atoms with Crippen molar-refractivity contribution in [3.63, 3.8) is 0 Å². The van der Waals surface area contributed by atoms with Crippen molar-refractivity contribution in [1.29, 1.82) is 0 Å². The number of nitrogens with zero attached hydrogens (tertiary/aromatic N) is 3. The summed E-state index contributed by atoms with van der Waals surface area (Å²) in [7, 11) is 0. The predicted molar refractivity (Wildman–Crippen MR) is 136 cm³/mol. The molecule has 36 heavy (non-hydrogen) atoms. The molecule has 8 heteroatoms. The van der Waals surface area contributed by atoms with Crippen LogP contribution in [0.5, 0.6) is 0 Å². The molecular weight excluding hydrogens is 457 g/mol. The van der Waals surface area contributed by atoms with Crippen molar-refractivity contribution in [3.8, 4) is 22.4 Å². The first-order chi connectivity index (χ1) is 17.6. The fraction of sp³-hybridized carbons (Fsp3) is 0.393. The third-order valence-corrected chi connectivity index (χ3v) is 7.61. The van der Waals surface area contributed by atoms with E-state index in [2.05, 4.69) is 21.3 Å². The fourth-order valence-corrected chi connectivity index (χ4v) is 5.43. The van der Waals surface area contributed by atoms with Gasteiger partial charge >= 0.3 is 0 Å². The van der Waals surface area contributed by atoms with Gasteiger partial charge in [0, 0.05) is 37.4 Å². The number of likely N-dealkylation sites (tertiary alicyclic amines) is 1. The largest absolute Gasteiger partial charge is 0.383 e. The Labute approximate surface area is 209 Å². The van der Waals surface area contributed by atoms with Gasteiger partial charge in [0.15, 0.2) is 0 Å². The lowest BCUT2D eigenvalue weighted by molar-refractivity contribution is 0.0846. The van der Waals surface area contributed by atoms with Crippen LogP contribution in [0, 0.1) is 5.95 Å². The summed E-state index contributed by atoms with van der Waals surface area (Å²) in [5.41, 5.74) is 12.4. The Morgan fingerprint density at radius 2 is 1.89 bits per heavy atom. The quantitative estimate of drug-likeness (QED) is 0.530. The maximum Gasteiger partial charge on any atom is 0.251 e. The number of nitrogens with one attached hydrogen (secondary N) is 1. The summed E-state index contributed by atoms with van der Waals surface area (Å²) in [6.45, 7) is 5.02. The summed E-state index contributed by atoms with van der Waals surface area (Å²) in [5, 5.41) is 2.86. The number of halogens is 1. The fourth-order valence-electron chi connectivity index (χ4n) is 5.43. The Hall–Kier alpha value is -3.36. The highest BCUT2D eigenvalue weighted by atomic mass is 19.1. The Morgan fingerprint density at radius 1 is 1.06 bits per heavy atom. The van der Waals surface area contributed by atoms with E-state index in [4.69, 9.17) is 15.5 Å². The zero-order valence-corrected chi connectivity index (χ0v) is 20.2. The number of hydrogen-bond donors (Lipinski definition) is 2. The van der Waals surface area contributed by atoms with E-state index in [1.54, 1.807) is 12.1 Å². The molecular formula is C28H30FN5O2. The van der Waals surface area contributed by atoms with E-state index in [0.717, 1.165) is 68.9 Å². The maximum atomic E-state index is 15.2. The van der Waals surface area contributed by atoms with Crippen LogP contribution in [0.1, 0.15) is 52.4 Å². The molecule has 0 spiro atoms. The van der Waals surface area contributed by atoms with Crippen molar-refractivity contribution in [3.05, 3.63) is 64.7 Å². The van der Waals surface area contributed by atoms with Crippen LogP contribution in [0.15, 0.2) is 36.4 Å². The lowest BCUT2D eigenvalue weighted by Gasteiger charge is -2.32. The van der Waals surface area contributed by atoms with E-state index in [0.29, 0.717) is 34.8 Å². The molecule has 7 nitrogen and oxygen atoms in total. The monoisotopic (exact) mass is 487 g/mol. The van der Waals surface area contributed by atoms with Crippen LogP contribution in [0.3, 0.4) is 0 Å². The molecule has 0 saturated carbocycles. The summed E-state index contributed by atoms with van der Waals surface area (Å²) in [6.07, 6.45) is 3.90. The predicted octanol–water partition coefficient (Wildman–Crippen LogP) is 3.92. The number of carbonyl (C=O) groups is 1. The Balaban J connectivity index is 1.39. The van der Waals surface area contributed by atoms with Crippen LogP contribution >= 0.6 is 0 Å². The van der Waals surface area contributed by atoms with Crippen molar-refractivity contribution >= 4 is 11.7 Å². The average molecular weight is 488 g/mol. The number of nitrogens with two attached hydrogens (primary N) is 1. The molecule has 6 rings (SSSR count). The molecule has 0 unspecified atom stereocenters. The normalized spacial score (nSPS) is 18.4. The van der Waals surface area contributed by atoms with Gasteiger partial charge in [0.1, 0.15) is 5.82 Å². The maximum absolute atomic E-state index is 15.2. The van der Waals surface area contributed by atoms with Crippen molar-refractivity contribution in [2.45, 2.75) is 38.1 Å². The minimum absolute atomic E-state index is 0.0720. The second kappa shape index (κ2) is 9.59. The van der Waals surface area contributed by atoms with Gasteiger partial charge in [-0.05, 0) is 79.6 Å². The first-order valence-electron chi connectivity index (χ1n) is 12.7. The molecule has 0 atom stereocenters. The van der Waals surface area contributed by atoms with Crippen molar-refractivity contribution in [2.75, 3.05) is 38.6 Å². The highest BCUT2D eigenvalue weighted by Gasteiger charge is 2.25. The van der Waals surface area contributed by atoms with E-state index in [1.165, 1.54) is 12.0 Å². The first kappa shape index (κ1) is 23.1. The number of amides is 1. The van der Waals surface area contributed by atoms with Crippen molar-refractivity contribution in [1.82, 2.24) is 20.2 Å². The number of anilines is 1. The Kier molecular flexibility index (Phi) is 6.15. The lowest BCUT2D eigenvalue weighted by Crippen LogP contribution is -2.37. The van der Waals surface area contributed by atoms with Crippen LogP contribution in [-0.2, 0) is 17.7 Å². The van der Waals surface area contributed by atoms with Crippen LogP contribution in [0.25, 0.3) is 22.4 Å². The van der Waals surface area contributed by atoms with Gasteiger partial charge in [0.05, 0.1) is 17.0 Å². The summed E-state index contributed by atoms with van der Waals surface area (Å²) < 4.78 is 20.7. The Morgan fingerprint density at radius 3 is 2.67 bits per heavy atom. The number of rotatable bonds is 5. The van der Waals surface area contributed by atoms with E-state index in [1.807, 2.05) is 18.2 Å². The molecule has 0 radical (unpaired) electrons. The van der Waals surface area contributed by atoms with E-state index in [-0.39, 0.29) is 11.7 Å². The number of aromatic nitrogens is 2. The lowest BCUT2D eigenvalue weighted by atomic mass is 9.89. The van der Waals surface area contributed by atoms with Gasteiger partial charge in [-0.15, -0.1) is 0 Å². The molecule has 186 valence electrons. The summed E-state index contributed by atoms with van der Waals surface area (Å²) in [4.78, 5) is 23.6. The minimum atomic E-state index is -0.630. The number of hydrogen-bond acceptors (Lipinski definition) is 6. The van der Waals surface area contributed by atoms with Gasteiger partial charge < -0.3 is 15.8 Å². The molecule has 2 fully saturated rings. The topological polar surface area (TPSA) is 93.4 Å². The van der Waals surface area contributed by atoms with Gasteiger partial charge in [0.25, 0.3) is 5.91 Å². The van der Waals surface area contributed by atoms with Gasteiger partial charge in [0.2, 0.25) is 5.95 Å². The van der Waals surface area contributed by atoms with E-state index in [9.17, 15) is 4.79 Å². The molecule has 3 aliphatic rings. The first-order valence-corrected chi connectivity index (χ1v) is 12.7. The smallest absolute Gasteiger partial charge is 0.251 e. The number of benzene rings is 1. The van der Waals surface area contributed by atoms with Crippen molar-refractivity contribution < 1.29 is 13.9 Å². The van der Waals surface area contributed by atoms with Gasteiger partial charge in [-0.2, -0.15) is 4.39 Å². The number of fused-ring (bicyclic) bond motifs is 1. The SMILES string of the molecule is Nc1nc(F)c(-c2ccc(C3CCOCC3)c(CN3CCC3)n2)cc1-c1ccc2c(c1)CCNC2=O. The summed E-state index contributed by atoms with van der Waals surface area (Å²) in [6, 6.07) is 11.4. The standard InChI is InChI=1S/C28H30FN5O2/c29-26-23(15-22(27(30)33-26)18-2-3-21-19(14-18)6-9-31-28(21)35)24-5-4-20(17-7-12-36-13-8-17)25(32-24)16-34-10-1-11-34/h2-5,14-15,17H,1,6-13,16H2,(H2,30,33)(H,31,35). The number of carbonyl (C=O) groups excluding carboxylic acids is 1. The average Bonchev–Trinajstić information content (AvgIpc) is 2.87. The second-order valence-electron chi connectivity index (χ2n) is 9.89. The van der Waals surface area contributed by atoms with Crippen LogP contribution in [-0.4, -0.2) is 53.6 Å². The molecule has 2 saturated heterocycles. The van der Waals surface area contributed by atoms with Crippen LogP contribution < -0.4 is 11.1 Å². The Bertz CT molecular complexity index is 1320. The molecule has 5 heterocycles. The molecule has 1 amide bonds. The summed E-state index contributed by atoms with van der Waals surface area (Å²) in [5.74, 6) is -0.169. The number of ether oxygens (including phenoxy) is 1. The molecule has 0 aliphatic carbocycles. The highest BCUT2D eigenvalue weighted by molar-refractivity contribution is 5.97. The van der Waals surface area contributed by atoms with Crippen LogP contribution in [0.2, 0.25) is 0 Å². The molecule has 0 bridgehead atoms. The number of pyridine rings is 2. The third-order valence-electron chi connectivity index (χ3n) is 7.61. The second-order valence-corrected chi connectivity index (χ2v) is 9.89. The molecule has 3 N–H and O–H groups in total. The molecule has 3 aromatic rings. The summed E-state index contributed by atoms with van der Waals surface area (Å²) >= 11 is 0. The van der Waals surface area contributed by atoms with Gasteiger partial charge in [-0.25, -0.2) is 4.98 Å². The molecule has 1 aromatic carbocycles. The molecule has 2 aromatic heterocycles. The van der Waals surface area contributed by atoms with Crippen LogP contribution in [0.4, 0.5) is 10.2 Å². The van der Waals surface area contributed by atoms with Crippen molar-refractivity contribution in [2.24, 2.45) is 0 Å². The zero-order valence-electron chi connectivity index (χ0n) is 20.2. The minimum Gasteiger partial charge on any atom is -0.383 e. The zero-order chi connectivity index (χ0) is 24.6. The number of nitrogen functional groups attached to an aromatic ring is 1. The van der Waals surface area contributed by atoms with E-state index >= 15 is 4.39 Å². The van der Waals surface area contributed by atoms with E-state index < -0.39 is 5.95 Å². The highest BCUT2D eigenvalue weighted by Crippen LogP contribution is 2.35.